The Morgan fingerprint density at radius 3 is 2.87 bits per heavy atom. The Morgan fingerprint density at radius 2 is 2.17 bits per heavy atom. The van der Waals surface area contributed by atoms with Gasteiger partial charge in [0, 0.05) is 15.5 Å². The van der Waals surface area contributed by atoms with E-state index in [1.54, 1.807) is 23.5 Å². The second kappa shape index (κ2) is 5.56. The van der Waals surface area contributed by atoms with Crippen molar-refractivity contribution in [1.82, 2.24) is 14.6 Å². The minimum Gasteiger partial charge on any atom is -0.266 e. The zero-order chi connectivity index (χ0) is 16.0. The fraction of sp³-hybridized carbons (Fsp3) is 0.0625. The van der Waals surface area contributed by atoms with Crippen LogP contribution in [0, 0.1) is 6.92 Å². The summed E-state index contributed by atoms with van der Waals surface area (Å²) in [6.45, 7) is 2.03. The highest BCUT2D eigenvalue weighted by atomic mass is 35.5. The van der Waals surface area contributed by atoms with Crippen LogP contribution >= 0.6 is 34.3 Å². The summed E-state index contributed by atoms with van der Waals surface area (Å²) in [6, 6.07) is 9.32. The van der Waals surface area contributed by atoms with Crippen LogP contribution in [-0.2, 0) is 0 Å². The predicted octanol–water partition coefficient (Wildman–Crippen LogP) is 3.39. The van der Waals surface area contributed by atoms with E-state index in [0.717, 1.165) is 16.0 Å². The molecular weight excluding hydrogens is 350 g/mol. The van der Waals surface area contributed by atoms with Crippen LogP contribution in [0.5, 0.6) is 0 Å². The van der Waals surface area contributed by atoms with Crippen molar-refractivity contribution in [1.29, 1.82) is 0 Å². The molecule has 0 saturated carbocycles. The van der Waals surface area contributed by atoms with Crippen molar-refractivity contribution in [2.24, 2.45) is 0 Å². The molecule has 0 aliphatic rings. The number of hydrogen-bond acceptors (Lipinski definition) is 5. The van der Waals surface area contributed by atoms with E-state index in [1.165, 1.54) is 15.9 Å². The number of fused-ring (bicyclic) bond motifs is 1. The molecule has 0 atom stereocenters. The molecule has 0 amide bonds. The molecule has 0 aliphatic carbocycles. The molecule has 0 radical (unpaired) electrons. The fourth-order valence-electron chi connectivity index (χ4n) is 2.23. The van der Waals surface area contributed by atoms with Gasteiger partial charge in [0.15, 0.2) is 5.82 Å². The number of hydrogen-bond donors (Lipinski definition) is 0. The molecule has 0 fully saturated rings. The van der Waals surface area contributed by atoms with Crippen molar-refractivity contribution < 1.29 is 0 Å². The quantitative estimate of drug-likeness (QED) is 0.551. The molecule has 23 heavy (non-hydrogen) atoms. The summed E-state index contributed by atoms with van der Waals surface area (Å²) in [4.78, 5) is 18.6. The van der Waals surface area contributed by atoms with Gasteiger partial charge < -0.3 is 0 Å². The number of thiophene rings is 1. The molecular formula is C16H10ClN3OS2. The molecule has 3 aromatic heterocycles. The summed E-state index contributed by atoms with van der Waals surface area (Å²) < 4.78 is 2.00. The first-order chi connectivity index (χ1) is 11.1. The maximum atomic E-state index is 12.5. The summed E-state index contributed by atoms with van der Waals surface area (Å²) in [7, 11) is 0. The van der Waals surface area contributed by atoms with Crippen molar-refractivity contribution in [3.05, 3.63) is 66.1 Å². The van der Waals surface area contributed by atoms with Gasteiger partial charge in [-0.25, -0.2) is 0 Å². The average molecular weight is 360 g/mol. The SMILES string of the molecule is Cc1ccsc1/C=c1/sc2nc(-c3cccc(Cl)c3)nn2c1=O. The number of aromatic nitrogens is 3. The zero-order valence-electron chi connectivity index (χ0n) is 12.0. The Balaban J connectivity index is 1.86. The van der Waals surface area contributed by atoms with Gasteiger partial charge >= 0.3 is 0 Å². The highest BCUT2D eigenvalue weighted by Crippen LogP contribution is 2.20. The Morgan fingerprint density at radius 1 is 1.30 bits per heavy atom. The van der Waals surface area contributed by atoms with Crippen LogP contribution in [0.1, 0.15) is 10.4 Å². The van der Waals surface area contributed by atoms with Gasteiger partial charge in [0.05, 0.1) is 4.53 Å². The number of thiazole rings is 1. The van der Waals surface area contributed by atoms with E-state index in [2.05, 4.69) is 10.1 Å². The van der Waals surface area contributed by atoms with Crippen LogP contribution in [0.15, 0.2) is 40.5 Å². The minimum absolute atomic E-state index is 0.140. The van der Waals surface area contributed by atoms with Crippen LogP contribution in [0.25, 0.3) is 22.4 Å². The zero-order valence-corrected chi connectivity index (χ0v) is 14.4. The van der Waals surface area contributed by atoms with Crippen molar-refractivity contribution in [3.63, 3.8) is 0 Å². The van der Waals surface area contributed by atoms with Gasteiger partial charge in [0.1, 0.15) is 0 Å². The van der Waals surface area contributed by atoms with E-state index in [4.69, 9.17) is 11.6 Å². The summed E-state index contributed by atoms with van der Waals surface area (Å²) in [5.74, 6) is 0.509. The normalized spacial score (nSPS) is 12.3. The van der Waals surface area contributed by atoms with Gasteiger partial charge in [-0.15, -0.1) is 16.4 Å². The van der Waals surface area contributed by atoms with Gasteiger partial charge in [-0.3, -0.25) is 4.79 Å². The van der Waals surface area contributed by atoms with Crippen LogP contribution < -0.4 is 10.1 Å². The number of rotatable bonds is 2. The first-order valence-electron chi connectivity index (χ1n) is 6.83. The summed E-state index contributed by atoms with van der Waals surface area (Å²) >= 11 is 8.95. The van der Waals surface area contributed by atoms with Gasteiger partial charge in [-0.05, 0) is 42.1 Å². The molecule has 0 saturated heterocycles. The molecule has 0 aliphatic heterocycles. The van der Waals surface area contributed by atoms with Crippen molar-refractivity contribution in [2.45, 2.75) is 6.92 Å². The second-order valence-electron chi connectivity index (χ2n) is 5.02. The minimum atomic E-state index is -0.140. The molecule has 4 rings (SSSR count). The van der Waals surface area contributed by atoms with E-state index in [9.17, 15) is 4.79 Å². The van der Waals surface area contributed by atoms with Crippen LogP contribution in [0.2, 0.25) is 5.02 Å². The van der Waals surface area contributed by atoms with Gasteiger partial charge in [0.2, 0.25) is 4.96 Å². The van der Waals surface area contributed by atoms with Gasteiger partial charge in [-0.1, -0.05) is 35.1 Å². The van der Waals surface area contributed by atoms with E-state index in [1.807, 2.05) is 36.6 Å². The number of halogens is 1. The Hall–Kier alpha value is -2.02. The van der Waals surface area contributed by atoms with Crippen LogP contribution in [0.3, 0.4) is 0 Å². The number of aryl methyl sites for hydroxylation is 1. The summed E-state index contributed by atoms with van der Waals surface area (Å²) in [6.07, 6.45) is 1.91. The lowest BCUT2D eigenvalue weighted by Gasteiger charge is -1.94. The van der Waals surface area contributed by atoms with Crippen molar-refractivity contribution in [3.8, 4) is 11.4 Å². The first-order valence-corrected chi connectivity index (χ1v) is 8.90. The summed E-state index contributed by atoms with van der Waals surface area (Å²) in [5, 5.41) is 6.95. The molecule has 0 unspecified atom stereocenters. The molecule has 3 heterocycles. The maximum absolute atomic E-state index is 12.5. The lowest BCUT2D eigenvalue weighted by molar-refractivity contribution is 0.937. The van der Waals surface area contributed by atoms with Crippen LogP contribution in [0.4, 0.5) is 0 Å². The largest absolute Gasteiger partial charge is 0.291 e. The lowest BCUT2D eigenvalue weighted by atomic mass is 10.2. The molecule has 7 heteroatoms. The van der Waals surface area contributed by atoms with Gasteiger partial charge in [0.25, 0.3) is 5.56 Å². The maximum Gasteiger partial charge on any atom is 0.291 e. The number of benzene rings is 1. The molecule has 1 aromatic carbocycles. The molecule has 4 nitrogen and oxygen atoms in total. The van der Waals surface area contributed by atoms with E-state index in [-0.39, 0.29) is 5.56 Å². The van der Waals surface area contributed by atoms with E-state index < -0.39 is 0 Å². The molecule has 0 N–H and O–H groups in total. The van der Waals surface area contributed by atoms with E-state index >= 15 is 0 Å². The molecule has 0 spiro atoms. The highest BCUT2D eigenvalue weighted by Gasteiger charge is 2.12. The lowest BCUT2D eigenvalue weighted by Crippen LogP contribution is -2.23. The fourth-order valence-corrected chi connectivity index (χ4v) is 4.25. The first kappa shape index (κ1) is 14.6. The third-order valence-electron chi connectivity index (χ3n) is 3.43. The summed E-state index contributed by atoms with van der Waals surface area (Å²) in [5.41, 5.74) is 1.82. The average Bonchev–Trinajstić information content (AvgIpc) is 3.19. The Labute approximate surface area is 144 Å². The second-order valence-corrected chi connectivity index (χ2v) is 7.42. The van der Waals surface area contributed by atoms with Gasteiger partial charge in [-0.2, -0.15) is 9.50 Å². The van der Waals surface area contributed by atoms with Crippen molar-refractivity contribution in [2.75, 3.05) is 0 Å². The van der Waals surface area contributed by atoms with E-state index in [0.29, 0.717) is 20.3 Å². The topological polar surface area (TPSA) is 47.3 Å². The van der Waals surface area contributed by atoms with Crippen LogP contribution in [-0.4, -0.2) is 14.6 Å². The number of nitrogens with zero attached hydrogens (tertiary/aromatic N) is 3. The van der Waals surface area contributed by atoms with Crippen molar-refractivity contribution >= 4 is 45.3 Å². The predicted molar refractivity (Wildman–Crippen MR) is 95.4 cm³/mol. The monoisotopic (exact) mass is 359 g/mol. The molecule has 114 valence electrons. The standard InChI is InChI=1S/C16H10ClN3OS2/c1-9-5-6-22-12(9)8-13-15(21)20-16(23-13)18-14(19-20)10-3-2-4-11(17)7-10/h2-8H,1H3/b13-8+. The highest BCUT2D eigenvalue weighted by molar-refractivity contribution is 7.15. The molecule has 0 bridgehead atoms. The Bertz CT molecular complexity index is 1130. The smallest absolute Gasteiger partial charge is 0.266 e. The Kier molecular flexibility index (Phi) is 3.52. The third-order valence-corrected chi connectivity index (χ3v) is 5.59. The third kappa shape index (κ3) is 2.59. The molecule has 4 aromatic rings.